The number of halogens is 2. The zero-order chi connectivity index (χ0) is 9.30. The normalized spacial score (nSPS) is 9.50. The first-order valence-corrected chi connectivity index (χ1v) is 4.26. The molecule has 0 amide bonds. The predicted molar refractivity (Wildman–Crippen MR) is 50.8 cm³/mol. The molecule has 0 fully saturated rings. The van der Waals surface area contributed by atoms with Crippen molar-refractivity contribution in [2.75, 3.05) is 5.73 Å². The highest BCUT2D eigenvalue weighted by molar-refractivity contribution is 9.10. The summed E-state index contributed by atoms with van der Waals surface area (Å²) in [5, 5.41) is 8.83. The van der Waals surface area contributed by atoms with Crippen molar-refractivity contribution in [3.63, 3.8) is 0 Å². The van der Waals surface area contributed by atoms with Gasteiger partial charge in [0.05, 0.1) is 15.9 Å². The molecule has 12 heavy (non-hydrogen) atoms. The summed E-state index contributed by atoms with van der Waals surface area (Å²) in [6, 6.07) is 1.91. The summed E-state index contributed by atoms with van der Waals surface area (Å²) in [5.74, 6) is 0. The van der Waals surface area contributed by atoms with Gasteiger partial charge in [-0.15, -0.1) is 0 Å². The number of hydrogen-bond donors (Lipinski definition) is 1. The van der Waals surface area contributed by atoms with Crippen LogP contribution in [-0.4, -0.2) is 4.98 Å². The molecule has 1 aromatic heterocycles. The van der Waals surface area contributed by atoms with Gasteiger partial charge in [0.15, 0.2) is 0 Å². The molecule has 1 rings (SSSR count). The average Bonchev–Trinajstić information content (AvgIpc) is 2.01. The number of aromatic nitrogens is 1. The smallest absolute Gasteiger partial charge is 0.148 e. The maximum absolute atomic E-state index is 8.65. The van der Waals surface area contributed by atoms with Gasteiger partial charge in [0.2, 0.25) is 0 Å². The van der Waals surface area contributed by atoms with Crippen molar-refractivity contribution >= 4 is 33.2 Å². The first kappa shape index (κ1) is 9.30. The number of rotatable bonds is 0. The van der Waals surface area contributed by atoms with Crippen LogP contribution >= 0.6 is 27.5 Å². The van der Waals surface area contributed by atoms with Gasteiger partial charge in [-0.2, -0.15) is 5.26 Å². The van der Waals surface area contributed by atoms with Crippen LogP contribution in [-0.2, 0) is 0 Å². The Hall–Kier alpha value is -0.790. The molecule has 0 radical (unpaired) electrons. The zero-order valence-corrected chi connectivity index (χ0v) is 8.57. The summed E-state index contributed by atoms with van der Waals surface area (Å²) in [6.07, 6.45) is 0. The van der Waals surface area contributed by atoms with Gasteiger partial charge in [-0.1, -0.05) is 11.6 Å². The summed E-state index contributed by atoms with van der Waals surface area (Å²) < 4.78 is 0.516. The van der Waals surface area contributed by atoms with E-state index < -0.39 is 0 Å². The third-order valence-electron chi connectivity index (χ3n) is 1.43. The molecule has 2 N–H and O–H groups in total. The standard InChI is InChI=1S/C7H5BrClN3/c1-3-6(11)5(8)4(2-10)7(9)12-3/h11H2,1H3. The third-order valence-corrected chi connectivity index (χ3v) is 2.53. The number of nitrogens with two attached hydrogens (primary N) is 1. The zero-order valence-electron chi connectivity index (χ0n) is 6.23. The first-order valence-electron chi connectivity index (χ1n) is 3.09. The second kappa shape index (κ2) is 3.30. The highest BCUT2D eigenvalue weighted by Gasteiger charge is 2.11. The lowest BCUT2D eigenvalue weighted by Crippen LogP contribution is -1.97. The molecule has 0 aliphatic carbocycles. The lowest BCUT2D eigenvalue weighted by Gasteiger charge is -2.04. The molecule has 0 aliphatic heterocycles. The van der Waals surface area contributed by atoms with Crippen molar-refractivity contribution in [1.82, 2.24) is 4.98 Å². The van der Waals surface area contributed by atoms with Gasteiger partial charge in [0, 0.05) is 0 Å². The quantitative estimate of drug-likeness (QED) is 0.714. The number of nitrogen functional groups attached to an aromatic ring is 1. The van der Waals surface area contributed by atoms with E-state index in [0.717, 1.165) is 0 Å². The van der Waals surface area contributed by atoms with Crippen LogP contribution in [0.25, 0.3) is 0 Å². The average molecular weight is 246 g/mol. The highest BCUT2D eigenvalue weighted by atomic mass is 79.9. The van der Waals surface area contributed by atoms with Gasteiger partial charge in [0.25, 0.3) is 0 Å². The van der Waals surface area contributed by atoms with Crippen molar-refractivity contribution in [3.8, 4) is 6.07 Å². The fourth-order valence-corrected chi connectivity index (χ4v) is 1.68. The molecule has 0 aromatic carbocycles. The summed E-state index contributed by atoms with van der Waals surface area (Å²) in [4.78, 5) is 3.89. The van der Waals surface area contributed by atoms with Gasteiger partial charge in [-0.05, 0) is 22.9 Å². The Morgan fingerprint density at radius 3 is 2.75 bits per heavy atom. The molecule has 1 aromatic rings. The van der Waals surface area contributed by atoms with Crippen molar-refractivity contribution in [1.29, 1.82) is 5.26 Å². The van der Waals surface area contributed by atoms with Crippen LogP contribution in [0.5, 0.6) is 0 Å². The third kappa shape index (κ3) is 1.38. The Morgan fingerprint density at radius 1 is 1.67 bits per heavy atom. The van der Waals surface area contributed by atoms with E-state index in [-0.39, 0.29) is 10.7 Å². The molecule has 62 valence electrons. The lowest BCUT2D eigenvalue weighted by molar-refractivity contribution is 1.18. The molecular formula is C7H5BrClN3. The number of anilines is 1. The Labute approximate surface area is 83.3 Å². The van der Waals surface area contributed by atoms with Gasteiger partial charge < -0.3 is 5.73 Å². The molecule has 5 heteroatoms. The van der Waals surface area contributed by atoms with Gasteiger partial charge in [0.1, 0.15) is 16.8 Å². The number of pyridine rings is 1. The maximum atomic E-state index is 8.65. The minimum absolute atomic E-state index is 0.177. The van der Waals surface area contributed by atoms with Gasteiger partial charge in [-0.3, -0.25) is 0 Å². The van der Waals surface area contributed by atoms with E-state index in [2.05, 4.69) is 20.9 Å². The molecule has 0 bridgehead atoms. The van der Waals surface area contributed by atoms with Crippen molar-refractivity contribution in [2.45, 2.75) is 6.92 Å². The molecule has 0 saturated heterocycles. The molecule has 3 nitrogen and oxygen atoms in total. The van der Waals surface area contributed by atoms with Crippen molar-refractivity contribution in [2.24, 2.45) is 0 Å². The first-order chi connectivity index (χ1) is 5.57. The molecular weight excluding hydrogens is 241 g/mol. The van der Waals surface area contributed by atoms with Crippen LogP contribution in [0.2, 0.25) is 5.15 Å². The fraction of sp³-hybridized carbons (Fsp3) is 0.143. The second-order valence-corrected chi connectivity index (χ2v) is 3.35. The van der Waals surface area contributed by atoms with Crippen LogP contribution in [0, 0.1) is 18.3 Å². The molecule has 0 atom stereocenters. The van der Waals surface area contributed by atoms with E-state index in [1.807, 2.05) is 6.07 Å². The van der Waals surface area contributed by atoms with Gasteiger partial charge in [-0.25, -0.2) is 4.98 Å². The Balaban J connectivity index is 3.54. The number of aryl methyl sites for hydroxylation is 1. The number of nitriles is 1. The number of nitrogens with zero attached hydrogens (tertiary/aromatic N) is 2. The van der Waals surface area contributed by atoms with Crippen molar-refractivity contribution < 1.29 is 0 Å². The SMILES string of the molecule is Cc1nc(Cl)c(C#N)c(Br)c1N. The molecule has 1 heterocycles. The summed E-state index contributed by atoms with van der Waals surface area (Å²) in [7, 11) is 0. The van der Waals surface area contributed by atoms with Crippen molar-refractivity contribution in [3.05, 3.63) is 20.9 Å². The fourth-order valence-electron chi connectivity index (χ4n) is 0.743. The molecule has 0 aliphatic rings. The van der Waals surface area contributed by atoms with E-state index in [9.17, 15) is 0 Å². The Kier molecular flexibility index (Phi) is 2.55. The van der Waals surface area contributed by atoms with Crippen LogP contribution < -0.4 is 5.73 Å². The minimum atomic E-state index is 0.177. The summed E-state index contributed by atoms with van der Waals surface area (Å²) >= 11 is 8.86. The lowest BCUT2D eigenvalue weighted by atomic mass is 10.2. The molecule has 0 unspecified atom stereocenters. The molecule has 0 saturated carbocycles. The number of hydrogen-bond acceptors (Lipinski definition) is 3. The van der Waals surface area contributed by atoms with E-state index in [4.69, 9.17) is 22.6 Å². The van der Waals surface area contributed by atoms with E-state index in [1.54, 1.807) is 6.92 Å². The Bertz CT molecular complexity index is 370. The van der Waals surface area contributed by atoms with Crippen LogP contribution in [0.3, 0.4) is 0 Å². The Morgan fingerprint density at radius 2 is 2.25 bits per heavy atom. The topological polar surface area (TPSA) is 62.7 Å². The second-order valence-electron chi connectivity index (χ2n) is 2.20. The molecule has 0 spiro atoms. The van der Waals surface area contributed by atoms with E-state index in [1.165, 1.54) is 0 Å². The monoisotopic (exact) mass is 245 g/mol. The largest absolute Gasteiger partial charge is 0.396 e. The summed E-state index contributed by atoms with van der Waals surface area (Å²) in [6.45, 7) is 1.73. The van der Waals surface area contributed by atoms with Crippen LogP contribution in [0.1, 0.15) is 11.3 Å². The van der Waals surface area contributed by atoms with Gasteiger partial charge >= 0.3 is 0 Å². The van der Waals surface area contributed by atoms with Crippen LogP contribution in [0.4, 0.5) is 5.69 Å². The predicted octanol–water partition coefficient (Wildman–Crippen LogP) is 2.26. The maximum Gasteiger partial charge on any atom is 0.148 e. The van der Waals surface area contributed by atoms with Crippen LogP contribution in [0.15, 0.2) is 4.47 Å². The van der Waals surface area contributed by atoms with E-state index >= 15 is 0 Å². The summed E-state index contributed by atoms with van der Waals surface area (Å²) in [5.41, 5.74) is 6.96. The highest BCUT2D eigenvalue weighted by Crippen LogP contribution is 2.29. The van der Waals surface area contributed by atoms with E-state index in [0.29, 0.717) is 15.9 Å². The minimum Gasteiger partial charge on any atom is -0.396 e.